The van der Waals surface area contributed by atoms with Crippen LogP contribution in [0.1, 0.15) is 52.9 Å². The predicted octanol–water partition coefficient (Wildman–Crippen LogP) is 4.44. The van der Waals surface area contributed by atoms with Crippen LogP contribution in [-0.4, -0.2) is 35.6 Å². The fourth-order valence-corrected chi connectivity index (χ4v) is 6.09. The minimum absolute atomic E-state index is 0.0230. The molecule has 0 aromatic heterocycles. The Kier molecular flexibility index (Phi) is 4.24. The molecule has 4 rings (SSSR count). The normalized spacial score (nSPS) is 36.1. The third kappa shape index (κ3) is 2.29. The summed E-state index contributed by atoms with van der Waals surface area (Å²) in [7, 11) is 0. The van der Waals surface area contributed by atoms with Gasteiger partial charge in [0.25, 0.3) is 0 Å². The molecule has 0 spiro atoms. The molecule has 3 fully saturated rings. The first-order chi connectivity index (χ1) is 12.9. The molecule has 0 radical (unpaired) electrons. The molecule has 4 atom stereocenters. The Morgan fingerprint density at radius 1 is 1.26 bits per heavy atom. The first-order valence-corrected chi connectivity index (χ1v) is 10.2. The van der Waals surface area contributed by atoms with Gasteiger partial charge in [0, 0.05) is 17.6 Å². The van der Waals surface area contributed by atoms with Crippen LogP contribution in [0.2, 0.25) is 0 Å². The fourth-order valence-electron chi connectivity index (χ4n) is 6.09. The number of amides is 2. The highest BCUT2D eigenvalue weighted by atomic mass is 16.5. The van der Waals surface area contributed by atoms with Gasteiger partial charge in [0.1, 0.15) is 5.54 Å². The number of nitrogens with zero attached hydrogens (tertiary/aromatic N) is 1. The number of benzene rings is 1. The zero-order chi connectivity index (χ0) is 19.3. The lowest BCUT2D eigenvalue weighted by atomic mass is 9.65. The number of carbonyl (C=O) groups excluding carboxylic acids is 2. The van der Waals surface area contributed by atoms with E-state index in [9.17, 15) is 9.59 Å². The van der Waals surface area contributed by atoms with Crippen LogP contribution >= 0.6 is 0 Å². The van der Waals surface area contributed by atoms with Crippen LogP contribution in [0.4, 0.5) is 10.5 Å². The van der Waals surface area contributed by atoms with Crippen molar-refractivity contribution in [2.75, 3.05) is 18.5 Å². The number of ether oxygens (including phenoxy) is 1. The standard InChI is InChI=1S/C22H30N2O3/c1-4-5-13-27-18(25)22-14-16-11-12-21(22,3)20(16,2)15-24(22)19(26)23-17-9-7-6-8-10-17/h6-10,16H,4-5,11-15H2,1-3H3,(H,23,26). The third-order valence-corrected chi connectivity index (χ3v) is 7.90. The number of carbonyl (C=O) groups is 2. The first-order valence-electron chi connectivity index (χ1n) is 10.2. The number of para-hydroxylation sites is 1. The lowest BCUT2D eigenvalue weighted by Crippen LogP contribution is -2.62. The molecule has 27 heavy (non-hydrogen) atoms. The second-order valence-corrected chi connectivity index (χ2v) is 8.92. The lowest BCUT2D eigenvalue weighted by molar-refractivity contribution is -0.162. The van der Waals surface area contributed by atoms with Crippen molar-refractivity contribution in [2.24, 2.45) is 16.7 Å². The summed E-state index contributed by atoms with van der Waals surface area (Å²) in [6, 6.07) is 9.25. The number of unbranched alkanes of at least 4 members (excludes halogenated alkanes) is 1. The van der Waals surface area contributed by atoms with Gasteiger partial charge in [-0.1, -0.05) is 45.4 Å². The number of hydrogen-bond donors (Lipinski definition) is 1. The highest BCUT2D eigenvalue weighted by molar-refractivity contribution is 5.96. The van der Waals surface area contributed by atoms with E-state index < -0.39 is 5.54 Å². The average molecular weight is 370 g/mol. The van der Waals surface area contributed by atoms with Crippen LogP contribution in [0.25, 0.3) is 0 Å². The van der Waals surface area contributed by atoms with Crippen molar-refractivity contribution < 1.29 is 14.3 Å². The minimum atomic E-state index is -0.836. The lowest BCUT2D eigenvalue weighted by Gasteiger charge is -2.45. The second kappa shape index (κ2) is 6.25. The molecule has 2 amide bonds. The van der Waals surface area contributed by atoms with E-state index >= 15 is 0 Å². The van der Waals surface area contributed by atoms with Crippen LogP contribution < -0.4 is 5.32 Å². The fraction of sp³-hybridized carbons (Fsp3) is 0.636. The molecule has 1 aliphatic heterocycles. The molecule has 3 aliphatic rings. The number of likely N-dealkylation sites (tertiary alicyclic amines) is 1. The highest BCUT2D eigenvalue weighted by Gasteiger charge is 2.81. The number of urea groups is 1. The molecule has 1 aromatic carbocycles. The first kappa shape index (κ1) is 18.3. The van der Waals surface area contributed by atoms with E-state index in [2.05, 4.69) is 26.1 Å². The number of anilines is 1. The van der Waals surface area contributed by atoms with E-state index in [1.165, 1.54) is 0 Å². The molecule has 5 heteroatoms. The van der Waals surface area contributed by atoms with E-state index in [1.54, 1.807) is 4.90 Å². The molecular weight excluding hydrogens is 340 g/mol. The maximum atomic E-state index is 13.4. The van der Waals surface area contributed by atoms with Crippen LogP contribution in [0.15, 0.2) is 30.3 Å². The molecule has 1 heterocycles. The van der Waals surface area contributed by atoms with Gasteiger partial charge in [-0.15, -0.1) is 0 Å². The maximum Gasteiger partial charge on any atom is 0.332 e. The molecule has 1 N–H and O–H groups in total. The average Bonchev–Trinajstić information content (AvgIpc) is 3.11. The van der Waals surface area contributed by atoms with Crippen molar-refractivity contribution in [1.29, 1.82) is 0 Å². The van der Waals surface area contributed by atoms with E-state index in [0.717, 1.165) is 37.8 Å². The van der Waals surface area contributed by atoms with Crippen molar-refractivity contribution in [3.63, 3.8) is 0 Å². The van der Waals surface area contributed by atoms with E-state index in [1.807, 2.05) is 30.3 Å². The zero-order valence-corrected chi connectivity index (χ0v) is 16.6. The summed E-state index contributed by atoms with van der Waals surface area (Å²) in [4.78, 5) is 28.4. The molecule has 5 nitrogen and oxygen atoms in total. The van der Waals surface area contributed by atoms with Gasteiger partial charge in [-0.2, -0.15) is 0 Å². The van der Waals surface area contributed by atoms with Crippen molar-refractivity contribution >= 4 is 17.7 Å². The Morgan fingerprint density at radius 2 is 2.00 bits per heavy atom. The summed E-state index contributed by atoms with van der Waals surface area (Å²) in [5.74, 6) is 0.287. The third-order valence-electron chi connectivity index (χ3n) is 7.90. The van der Waals surface area contributed by atoms with Gasteiger partial charge in [0.05, 0.1) is 6.61 Å². The quantitative estimate of drug-likeness (QED) is 0.616. The number of rotatable bonds is 5. The van der Waals surface area contributed by atoms with E-state index in [-0.39, 0.29) is 22.8 Å². The van der Waals surface area contributed by atoms with Crippen LogP contribution in [-0.2, 0) is 9.53 Å². The molecular formula is C22H30N2O3. The Morgan fingerprint density at radius 3 is 2.67 bits per heavy atom. The Hall–Kier alpha value is -2.04. The van der Waals surface area contributed by atoms with Gasteiger partial charge in [-0.3, -0.25) is 0 Å². The summed E-state index contributed by atoms with van der Waals surface area (Å²) < 4.78 is 5.72. The maximum absolute atomic E-state index is 13.4. The van der Waals surface area contributed by atoms with Gasteiger partial charge in [0.15, 0.2) is 0 Å². The molecule has 2 saturated carbocycles. The van der Waals surface area contributed by atoms with Crippen molar-refractivity contribution in [3.05, 3.63) is 30.3 Å². The predicted molar refractivity (Wildman–Crippen MR) is 104 cm³/mol. The van der Waals surface area contributed by atoms with Crippen LogP contribution in [0, 0.1) is 16.7 Å². The number of hydrogen-bond acceptors (Lipinski definition) is 3. The van der Waals surface area contributed by atoms with Gasteiger partial charge in [-0.05, 0) is 49.1 Å². The number of nitrogens with one attached hydrogen (secondary N) is 1. The van der Waals surface area contributed by atoms with Crippen molar-refractivity contribution in [2.45, 2.75) is 58.4 Å². The summed E-state index contributed by atoms with van der Waals surface area (Å²) in [5.41, 5.74) is -0.329. The Bertz CT molecular complexity index is 751. The molecule has 4 unspecified atom stereocenters. The largest absolute Gasteiger partial charge is 0.464 e. The van der Waals surface area contributed by atoms with Crippen molar-refractivity contribution in [3.8, 4) is 0 Å². The molecule has 1 saturated heterocycles. The Labute approximate surface area is 161 Å². The second-order valence-electron chi connectivity index (χ2n) is 8.92. The summed E-state index contributed by atoms with van der Waals surface area (Å²) in [6.07, 6.45) is 4.69. The van der Waals surface area contributed by atoms with Crippen molar-refractivity contribution in [1.82, 2.24) is 4.90 Å². The Balaban J connectivity index is 1.65. The van der Waals surface area contributed by atoms with Crippen LogP contribution in [0.5, 0.6) is 0 Å². The minimum Gasteiger partial charge on any atom is -0.464 e. The van der Waals surface area contributed by atoms with Gasteiger partial charge < -0.3 is 15.0 Å². The number of piperidine rings is 1. The molecule has 1 aromatic rings. The smallest absolute Gasteiger partial charge is 0.332 e. The monoisotopic (exact) mass is 370 g/mol. The molecule has 4 bridgehead atoms. The highest BCUT2D eigenvalue weighted by Crippen LogP contribution is 2.76. The topological polar surface area (TPSA) is 58.6 Å². The van der Waals surface area contributed by atoms with Gasteiger partial charge in [0.2, 0.25) is 0 Å². The van der Waals surface area contributed by atoms with Gasteiger partial charge >= 0.3 is 12.0 Å². The molecule has 2 aliphatic carbocycles. The summed E-state index contributed by atoms with van der Waals surface area (Å²) in [6.45, 7) is 7.61. The van der Waals surface area contributed by atoms with Gasteiger partial charge in [-0.25, -0.2) is 9.59 Å². The zero-order valence-electron chi connectivity index (χ0n) is 16.6. The summed E-state index contributed by atoms with van der Waals surface area (Å²) in [5, 5.41) is 2.99. The van der Waals surface area contributed by atoms with Crippen LogP contribution in [0.3, 0.4) is 0 Å². The van der Waals surface area contributed by atoms with E-state index in [0.29, 0.717) is 19.1 Å². The van der Waals surface area contributed by atoms with E-state index in [4.69, 9.17) is 4.74 Å². The SMILES string of the molecule is CCCCOC(=O)C12CC3CCC1(C)C3(C)CN2C(=O)Nc1ccccc1. The summed E-state index contributed by atoms with van der Waals surface area (Å²) >= 11 is 0. The number of esters is 1. The molecule has 146 valence electrons.